The van der Waals surface area contributed by atoms with Crippen LogP contribution in [0.15, 0.2) is 84.0 Å². The third-order valence-corrected chi connectivity index (χ3v) is 7.30. The zero-order chi connectivity index (χ0) is 23.9. The van der Waals surface area contributed by atoms with Gasteiger partial charge in [0.2, 0.25) is 0 Å². The smallest absolute Gasteiger partial charge is 0.308 e. The van der Waals surface area contributed by atoms with Crippen molar-refractivity contribution in [3.8, 4) is 5.69 Å². The lowest BCUT2D eigenvalue weighted by molar-refractivity contribution is 0.816. The van der Waals surface area contributed by atoms with Crippen LogP contribution in [0.5, 0.6) is 0 Å². The number of anilines is 2. The van der Waals surface area contributed by atoms with E-state index in [2.05, 4.69) is 20.4 Å². The molecule has 0 radical (unpaired) electrons. The lowest BCUT2D eigenvalue weighted by Gasteiger charge is -2.08. The molecule has 172 valence electrons. The summed E-state index contributed by atoms with van der Waals surface area (Å²) in [5.74, 6) is 0.638. The van der Waals surface area contributed by atoms with Crippen molar-refractivity contribution in [3.05, 3.63) is 105 Å². The van der Waals surface area contributed by atoms with Gasteiger partial charge in [-0.05, 0) is 48.0 Å². The van der Waals surface area contributed by atoms with Crippen LogP contribution >= 0.6 is 34.5 Å². The highest BCUT2D eigenvalue weighted by Crippen LogP contribution is 2.28. The second kappa shape index (κ2) is 8.81. The summed E-state index contributed by atoms with van der Waals surface area (Å²) < 4.78 is 4.38. The molecule has 0 saturated heterocycles. The first-order valence-electron chi connectivity index (χ1n) is 10.7. The number of nitrogens with one attached hydrogen (secondary N) is 1. The number of aromatic nitrogens is 5. The molecule has 3 aromatic heterocycles. The normalized spacial score (nSPS) is 11.4. The van der Waals surface area contributed by atoms with Crippen LogP contribution in [-0.2, 0) is 6.54 Å². The van der Waals surface area contributed by atoms with E-state index in [1.54, 1.807) is 27.6 Å². The fourth-order valence-electron chi connectivity index (χ4n) is 3.95. The van der Waals surface area contributed by atoms with E-state index in [4.69, 9.17) is 23.2 Å². The average molecular weight is 519 g/mol. The maximum absolute atomic E-state index is 12.7. The summed E-state index contributed by atoms with van der Waals surface area (Å²) in [6.45, 7) is 0.410. The fraction of sp³-hybridized carbons (Fsp3) is 0.0400. The summed E-state index contributed by atoms with van der Waals surface area (Å²) in [4.78, 5) is 21.5. The van der Waals surface area contributed by atoms with E-state index >= 15 is 0 Å². The molecule has 0 atom stereocenters. The number of halogens is 2. The molecule has 0 spiro atoms. The Morgan fingerprint density at radius 2 is 1.80 bits per heavy atom. The number of rotatable bonds is 5. The second-order valence-corrected chi connectivity index (χ2v) is 9.67. The van der Waals surface area contributed by atoms with E-state index in [9.17, 15) is 4.79 Å². The molecule has 0 amide bonds. The Morgan fingerprint density at radius 3 is 2.63 bits per heavy atom. The molecule has 0 aliphatic carbocycles. The molecule has 3 heterocycles. The van der Waals surface area contributed by atoms with Crippen LogP contribution in [0.3, 0.4) is 0 Å². The number of fused-ring (bicyclic) bond motifs is 2. The minimum Gasteiger partial charge on any atom is -0.339 e. The van der Waals surface area contributed by atoms with Crippen molar-refractivity contribution in [3.63, 3.8) is 0 Å². The summed E-state index contributed by atoms with van der Waals surface area (Å²) in [5, 5.41) is 9.60. The van der Waals surface area contributed by atoms with Crippen LogP contribution < -0.4 is 10.2 Å². The van der Waals surface area contributed by atoms with Crippen molar-refractivity contribution < 1.29 is 0 Å². The molecule has 10 heteroatoms. The highest BCUT2D eigenvalue weighted by atomic mass is 35.5. The number of hydrogen-bond acceptors (Lipinski definition) is 6. The number of benzene rings is 3. The quantitative estimate of drug-likeness (QED) is 0.290. The van der Waals surface area contributed by atoms with Crippen LogP contribution in [-0.4, -0.2) is 24.3 Å². The molecule has 6 aromatic rings. The van der Waals surface area contributed by atoms with Gasteiger partial charge in [0, 0.05) is 5.69 Å². The molecule has 35 heavy (non-hydrogen) atoms. The molecular formula is C25H16Cl2N6OS. The van der Waals surface area contributed by atoms with Gasteiger partial charge in [-0.3, -0.25) is 9.36 Å². The molecule has 0 saturated carbocycles. The third-order valence-electron chi connectivity index (χ3n) is 5.62. The fourth-order valence-corrected chi connectivity index (χ4v) is 5.20. The second-order valence-electron chi connectivity index (χ2n) is 7.86. The van der Waals surface area contributed by atoms with Gasteiger partial charge >= 0.3 is 4.87 Å². The molecule has 0 bridgehead atoms. The van der Waals surface area contributed by atoms with Gasteiger partial charge in [0.1, 0.15) is 12.1 Å². The van der Waals surface area contributed by atoms with Crippen LogP contribution in [0.4, 0.5) is 11.5 Å². The Morgan fingerprint density at radius 1 is 0.943 bits per heavy atom. The van der Waals surface area contributed by atoms with Crippen LogP contribution in [0.1, 0.15) is 5.56 Å². The number of para-hydroxylation sites is 1. The van der Waals surface area contributed by atoms with E-state index in [1.165, 1.54) is 17.7 Å². The van der Waals surface area contributed by atoms with Crippen LogP contribution in [0.2, 0.25) is 10.0 Å². The molecule has 0 aliphatic heterocycles. The third kappa shape index (κ3) is 4.05. The van der Waals surface area contributed by atoms with Gasteiger partial charge in [-0.25, -0.2) is 14.6 Å². The van der Waals surface area contributed by atoms with Crippen molar-refractivity contribution in [2.24, 2.45) is 0 Å². The first-order valence-corrected chi connectivity index (χ1v) is 12.2. The van der Waals surface area contributed by atoms with Crippen LogP contribution in [0.25, 0.3) is 26.9 Å². The van der Waals surface area contributed by atoms with Crippen molar-refractivity contribution >= 4 is 67.3 Å². The Bertz CT molecular complexity index is 1760. The van der Waals surface area contributed by atoms with E-state index < -0.39 is 0 Å². The standard InChI is InChI=1S/C25H16Cl2N6OS/c26-19-8-6-15(10-20(19)27)13-32-21-9-7-16(11-22(21)35-25(32)34)31-23-18-12-30-33(24(18)29-14-28-23)17-4-2-1-3-5-17/h1-12,14H,13H2,(H,28,29,31). The zero-order valence-corrected chi connectivity index (χ0v) is 20.3. The molecule has 6 rings (SSSR count). The Hall–Kier alpha value is -3.72. The largest absolute Gasteiger partial charge is 0.339 e. The molecule has 1 N–H and O–H groups in total. The highest BCUT2D eigenvalue weighted by molar-refractivity contribution is 7.16. The topological polar surface area (TPSA) is 77.6 Å². The van der Waals surface area contributed by atoms with Gasteiger partial charge in [-0.1, -0.05) is 58.8 Å². The van der Waals surface area contributed by atoms with Crippen molar-refractivity contribution in [1.29, 1.82) is 0 Å². The van der Waals surface area contributed by atoms with E-state index in [0.29, 0.717) is 28.1 Å². The summed E-state index contributed by atoms with van der Waals surface area (Å²) in [6, 6.07) is 21.0. The summed E-state index contributed by atoms with van der Waals surface area (Å²) in [7, 11) is 0. The van der Waals surface area contributed by atoms with Crippen molar-refractivity contribution in [1.82, 2.24) is 24.3 Å². The molecule has 3 aromatic carbocycles. The van der Waals surface area contributed by atoms with Crippen molar-refractivity contribution in [2.75, 3.05) is 5.32 Å². The van der Waals surface area contributed by atoms with Crippen LogP contribution in [0, 0.1) is 0 Å². The predicted molar refractivity (Wildman–Crippen MR) is 142 cm³/mol. The van der Waals surface area contributed by atoms with E-state index in [0.717, 1.165) is 32.5 Å². The average Bonchev–Trinajstić information content (AvgIpc) is 3.43. The molecular weight excluding hydrogens is 503 g/mol. The summed E-state index contributed by atoms with van der Waals surface area (Å²) in [6.07, 6.45) is 3.26. The highest BCUT2D eigenvalue weighted by Gasteiger charge is 2.13. The zero-order valence-electron chi connectivity index (χ0n) is 18.0. The SMILES string of the molecule is O=c1sc2cc(Nc3ncnc4c3cnn4-c3ccccc3)ccc2n1Cc1ccc(Cl)c(Cl)c1. The molecule has 0 aliphatic rings. The number of nitrogens with zero attached hydrogens (tertiary/aromatic N) is 5. The molecule has 7 nitrogen and oxygen atoms in total. The van der Waals surface area contributed by atoms with Gasteiger partial charge < -0.3 is 5.32 Å². The minimum atomic E-state index is -0.0446. The monoisotopic (exact) mass is 518 g/mol. The maximum Gasteiger partial charge on any atom is 0.308 e. The van der Waals surface area contributed by atoms with Gasteiger partial charge in [0.05, 0.1) is 44.1 Å². The molecule has 0 fully saturated rings. The Balaban J connectivity index is 1.33. The van der Waals surface area contributed by atoms with E-state index in [-0.39, 0.29) is 4.87 Å². The first-order chi connectivity index (χ1) is 17.1. The van der Waals surface area contributed by atoms with Crippen molar-refractivity contribution in [2.45, 2.75) is 6.54 Å². The summed E-state index contributed by atoms with van der Waals surface area (Å²) >= 11 is 13.4. The number of thiazole rings is 1. The maximum atomic E-state index is 12.7. The number of hydrogen-bond donors (Lipinski definition) is 1. The summed E-state index contributed by atoms with van der Waals surface area (Å²) in [5.41, 5.74) is 4.19. The van der Waals surface area contributed by atoms with Gasteiger partial charge in [0.25, 0.3) is 0 Å². The van der Waals surface area contributed by atoms with Gasteiger partial charge in [0.15, 0.2) is 5.65 Å². The minimum absolute atomic E-state index is 0.0446. The Kier molecular flexibility index (Phi) is 5.49. The van der Waals surface area contributed by atoms with Gasteiger partial charge in [-0.2, -0.15) is 5.10 Å². The lowest BCUT2D eigenvalue weighted by Crippen LogP contribution is -2.13. The molecule has 0 unspecified atom stereocenters. The first kappa shape index (κ1) is 21.8. The lowest BCUT2D eigenvalue weighted by atomic mass is 10.2. The Labute approximate surface area is 213 Å². The van der Waals surface area contributed by atoms with Gasteiger partial charge in [-0.15, -0.1) is 0 Å². The van der Waals surface area contributed by atoms with E-state index in [1.807, 2.05) is 54.6 Å². The predicted octanol–water partition coefficient (Wildman–Crippen LogP) is 6.29.